The molecule has 1 aliphatic heterocycles. The minimum atomic E-state index is -3.00. The van der Waals surface area contributed by atoms with Crippen LogP contribution in [0.4, 0.5) is 14.5 Å². The van der Waals surface area contributed by atoms with E-state index in [-0.39, 0.29) is 10.9 Å². The van der Waals surface area contributed by atoms with Crippen molar-refractivity contribution >= 4 is 40.5 Å². The number of hydrogen-bond donors (Lipinski definition) is 3. The molecule has 0 saturated carbocycles. The van der Waals surface area contributed by atoms with E-state index in [9.17, 15) is 13.6 Å². The Kier molecular flexibility index (Phi) is 6.34. The average Bonchev–Trinajstić information content (AvgIpc) is 2.64. The molecule has 0 fully saturated rings. The number of amides is 1. The fraction of sp³-hybridized carbons (Fsp3) is 0.200. The number of ether oxygens (including phenoxy) is 1. The van der Waals surface area contributed by atoms with Gasteiger partial charge in [0.15, 0.2) is 5.11 Å². The van der Waals surface area contributed by atoms with Gasteiger partial charge >= 0.3 is 6.61 Å². The van der Waals surface area contributed by atoms with Crippen LogP contribution in [0, 0.1) is 6.92 Å². The molecule has 2 aromatic carbocycles. The van der Waals surface area contributed by atoms with Crippen LogP contribution in [0.2, 0.25) is 5.02 Å². The molecule has 0 unspecified atom stereocenters. The van der Waals surface area contributed by atoms with Crippen LogP contribution in [0.1, 0.15) is 24.1 Å². The average molecular weight is 438 g/mol. The normalized spacial score (nSPS) is 16.3. The number of carbonyl (C=O) groups excluding carboxylic acids is 1. The molecule has 5 nitrogen and oxygen atoms in total. The van der Waals surface area contributed by atoms with E-state index in [0.29, 0.717) is 27.5 Å². The first-order valence-electron chi connectivity index (χ1n) is 8.65. The Morgan fingerprint density at radius 1 is 1.24 bits per heavy atom. The molecule has 0 aliphatic carbocycles. The van der Waals surface area contributed by atoms with Gasteiger partial charge in [-0.15, -0.1) is 0 Å². The molecule has 29 heavy (non-hydrogen) atoms. The van der Waals surface area contributed by atoms with Gasteiger partial charge in [0.25, 0.3) is 5.91 Å². The third-order valence-electron chi connectivity index (χ3n) is 4.41. The van der Waals surface area contributed by atoms with Crippen molar-refractivity contribution in [1.82, 2.24) is 10.6 Å². The number of hydrogen-bond acceptors (Lipinski definition) is 3. The minimum absolute atomic E-state index is 0.0401. The number of allylic oxidation sites excluding steroid dienone is 1. The van der Waals surface area contributed by atoms with Gasteiger partial charge in [-0.2, -0.15) is 8.78 Å². The van der Waals surface area contributed by atoms with Crippen LogP contribution in [-0.4, -0.2) is 17.6 Å². The van der Waals surface area contributed by atoms with Crippen molar-refractivity contribution in [2.75, 3.05) is 5.32 Å². The lowest BCUT2D eigenvalue weighted by Crippen LogP contribution is -2.46. The van der Waals surface area contributed by atoms with E-state index < -0.39 is 18.6 Å². The third-order valence-corrected chi connectivity index (χ3v) is 4.86. The summed E-state index contributed by atoms with van der Waals surface area (Å²) in [6, 6.07) is 10.6. The van der Waals surface area contributed by atoms with Crippen LogP contribution >= 0.6 is 23.8 Å². The van der Waals surface area contributed by atoms with E-state index >= 15 is 0 Å². The number of rotatable bonds is 5. The summed E-state index contributed by atoms with van der Waals surface area (Å²) >= 11 is 11.2. The Bertz CT molecular complexity index is 997. The van der Waals surface area contributed by atoms with Crippen LogP contribution < -0.4 is 20.7 Å². The second kappa shape index (κ2) is 8.75. The predicted octanol–water partition coefficient (Wildman–Crippen LogP) is 4.68. The second-order valence-electron chi connectivity index (χ2n) is 6.40. The Labute approximate surface area is 177 Å². The number of halogens is 3. The molecule has 1 amide bonds. The maximum atomic E-state index is 13.1. The quantitative estimate of drug-likeness (QED) is 0.593. The first-order chi connectivity index (χ1) is 13.8. The van der Waals surface area contributed by atoms with Crippen molar-refractivity contribution in [2.24, 2.45) is 0 Å². The standard InChI is InChI=1S/C20H18ClF2N3O2S/c1-10-7-8-12(21)9-14(10)25-18(27)16-11(2)24-20(29)26-17(16)13-5-3-4-6-15(13)28-19(22)23/h3-9,17,19H,1-2H3,(H,25,27)(H2,24,26,29)/t17-/m0/s1. The van der Waals surface area contributed by atoms with Crippen molar-refractivity contribution < 1.29 is 18.3 Å². The first-order valence-corrected chi connectivity index (χ1v) is 9.44. The summed E-state index contributed by atoms with van der Waals surface area (Å²) in [4.78, 5) is 13.1. The Morgan fingerprint density at radius 3 is 2.69 bits per heavy atom. The summed E-state index contributed by atoms with van der Waals surface area (Å²) < 4.78 is 30.4. The molecular weight excluding hydrogens is 420 g/mol. The van der Waals surface area contributed by atoms with Crippen molar-refractivity contribution in [3.05, 3.63) is 69.9 Å². The fourth-order valence-electron chi connectivity index (χ4n) is 3.07. The third kappa shape index (κ3) is 4.83. The molecule has 0 spiro atoms. The topological polar surface area (TPSA) is 62.4 Å². The first kappa shape index (κ1) is 21.0. The van der Waals surface area contributed by atoms with E-state index in [2.05, 4.69) is 20.7 Å². The summed E-state index contributed by atoms with van der Waals surface area (Å²) in [7, 11) is 0. The number of aryl methyl sites for hydroxylation is 1. The summed E-state index contributed by atoms with van der Waals surface area (Å²) in [5, 5.41) is 9.46. The largest absolute Gasteiger partial charge is 0.434 e. The lowest BCUT2D eigenvalue weighted by Gasteiger charge is -2.31. The molecule has 9 heteroatoms. The molecule has 2 aromatic rings. The van der Waals surface area contributed by atoms with Gasteiger partial charge in [0, 0.05) is 22.0 Å². The molecule has 1 heterocycles. The van der Waals surface area contributed by atoms with Gasteiger partial charge < -0.3 is 20.7 Å². The van der Waals surface area contributed by atoms with Crippen molar-refractivity contribution in [1.29, 1.82) is 0 Å². The molecule has 3 rings (SSSR count). The zero-order valence-electron chi connectivity index (χ0n) is 15.6. The van der Waals surface area contributed by atoms with E-state index in [1.54, 1.807) is 43.3 Å². The summed E-state index contributed by atoms with van der Waals surface area (Å²) in [5.41, 5.74) is 2.54. The lowest BCUT2D eigenvalue weighted by atomic mass is 9.94. The number of nitrogens with one attached hydrogen (secondary N) is 3. The van der Waals surface area contributed by atoms with Crippen LogP contribution in [0.25, 0.3) is 0 Å². The number of para-hydroxylation sites is 1. The monoisotopic (exact) mass is 437 g/mol. The highest BCUT2D eigenvalue weighted by atomic mass is 35.5. The Balaban J connectivity index is 2.01. The van der Waals surface area contributed by atoms with Gasteiger partial charge in [0.05, 0.1) is 11.6 Å². The van der Waals surface area contributed by atoms with Gasteiger partial charge in [-0.1, -0.05) is 35.9 Å². The van der Waals surface area contributed by atoms with Gasteiger partial charge in [0.1, 0.15) is 5.75 Å². The highest BCUT2D eigenvalue weighted by Crippen LogP contribution is 2.34. The minimum Gasteiger partial charge on any atom is -0.434 e. The van der Waals surface area contributed by atoms with E-state index in [4.69, 9.17) is 23.8 Å². The number of thiocarbonyl (C=S) groups is 1. The molecule has 0 saturated heterocycles. The van der Waals surface area contributed by atoms with E-state index in [1.807, 2.05) is 6.92 Å². The zero-order chi connectivity index (χ0) is 21.1. The molecule has 152 valence electrons. The number of benzene rings is 2. The van der Waals surface area contributed by atoms with Crippen LogP contribution in [-0.2, 0) is 4.79 Å². The highest BCUT2D eigenvalue weighted by molar-refractivity contribution is 7.80. The molecule has 1 aliphatic rings. The number of anilines is 1. The van der Waals surface area contributed by atoms with Crippen LogP contribution in [0.5, 0.6) is 5.75 Å². The number of alkyl halides is 2. The Hall–Kier alpha value is -2.71. The summed E-state index contributed by atoms with van der Waals surface area (Å²) in [6.45, 7) is 0.528. The SMILES string of the molecule is CC1=C(C(=O)Nc2cc(Cl)ccc2C)[C@H](c2ccccc2OC(F)F)NC(=S)N1. The maximum Gasteiger partial charge on any atom is 0.387 e. The van der Waals surface area contributed by atoms with Crippen LogP contribution in [0.3, 0.4) is 0 Å². The van der Waals surface area contributed by atoms with Gasteiger partial charge in [0.2, 0.25) is 0 Å². The Morgan fingerprint density at radius 2 is 1.97 bits per heavy atom. The van der Waals surface area contributed by atoms with Gasteiger partial charge in [-0.05, 0) is 49.8 Å². The molecule has 0 radical (unpaired) electrons. The van der Waals surface area contributed by atoms with Crippen molar-refractivity contribution in [3.63, 3.8) is 0 Å². The van der Waals surface area contributed by atoms with Gasteiger partial charge in [-0.3, -0.25) is 4.79 Å². The van der Waals surface area contributed by atoms with E-state index in [0.717, 1.165) is 5.56 Å². The molecule has 0 bridgehead atoms. The molecule has 1 atom stereocenters. The van der Waals surface area contributed by atoms with Crippen molar-refractivity contribution in [3.8, 4) is 5.75 Å². The molecule has 0 aromatic heterocycles. The van der Waals surface area contributed by atoms with Crippen molar-refractivity contribution in [2.45, 2.75) is 26.5 Å². The summed E-state index contributed by atoms with van der Waals surface area (Å²) in [5.74, 6) is -0.464. The lowest BCUT2D eigenvalue weighted by molar-refractivity contribution is -0.113. The molecular formula is C20H18ClF2N3O2S. The highest BCUT2D eigenvalue weighted by Gasteiger charge is 2.32. The predicted molar refractivity (Wildman–Crippen MR) is 112 cm³/mol. The van der Waals surface area contributed by atoms with Gasteiger partial charge in [-0.25, -0.2) is 0 Å². The van der Waals surface area contributed by atoms with Crippen LogP contribution in [0.15, 0.2) is 53.7 Å². The smallest absolute Gasteiger partial charge is 0.387 e. The van der Waals surface area contributed by atoms with E-state index in [1.165, 1.54) is 6.07 Å². The fourth-order valence-corrected chi connectivity index (χ4v) is 3.51. The maximum absolute atomic E-state index is 13.1. The summed E-state index contributed by atoms with van der Waals surface area (Å²) in [6.07, 6.45) is 0. The zero-order valence-corrected chi connectivity index (χ0v) is 17.1. The molecule has 3 N–H and O–H groups in total. The number of carbonyl (C=O) groups is 1. The second-order valence-corrected chi connectivity index (χ2v) is 7.24.